The largest absolute Gasteiger partial charge is 0.330 e. The standard InChI is InChI=1S/C11H25N3/c1-4-10(5-7-12)14-8-6-11(9-14)13(2)3/h10-11H,4-9,12H2,1-3H3. The van der Waals surface area contributed by atoms with Gasteiger partial charge in [-0.2, -0.15) is 0 Å². The van der Waals surface area contributed by atoms with E-state index in [2.05, 4.69) is 30.8 Å². The second-order valence-corrected chi connectivity index (χ2v) is 4.54. The fourth-order valence-corrected chi connectivity index (χ4v) is 2.36. The molecule has 0 radical (unpaired) electrons. The van der Waals surface area contributed by atoms with Crippen LogP contribution in [0.15, 0.2) is 0 Å². The van der Waals surface area contributed by atoms with Crippen molar-refractivity contribution in [2.24, 2.45) is 5.73 Å². The Bertz CT molecular complexity index is 159. The van der Waals surface area contributed by atoms with E-state index in [4.69, 9.17) is 5.73 Å². The Labute approximate surface area is 88.2 Å². The summed E-state index contributed by atoms with van der Waals surface area (Å²) in [5.74, 6) is 0. The van der Waals surface area contributed by atoms with Crippen molar-refractivity contribution in [1.82, 2.24) is 9.80 Å². The summed E-state index contributed by atoms with van der Waals surface area (Å²) in [6, 6.07) is 1.46. The van der Waals surface area contributed by atoms with E-state index in [1.807, 2.05) is 0 Å². The molecule has 3 nitrogen and oxygen atoms in total. The summed E-state index contributed by atoms with van der Waals surface area (Å²) in [4.78, 5) is 4.95. The highest BCUT2D eigenvalue weighted by Crippen LogP contribution is 2.18. The van der Waals surface area contributed by atoms with E-state index in [0.717, 1.165) is 19.0 Å². The SMILES string of the molecule is CCC(CCN)N1CCC(N(C)C)C1. The van der Waals surface area contributed by atoms with Gasteiger partial charge in [0.1, 0.15) is 0 Å². The fraction of sp³-hybridized carbons (Fsp3) is 1.00. The molecule has 0 aromatic carbocycles. The van der Waals surface area contributed by atoms with E-state index in [1.54, 1.807) is 0 Å². The van der Waals surface area contributed by atoms with Gasteiger partial charge in [0.2, 0.25) is 0 Å². The molecule has 0 aromatic rings. The van der Waals surface area contributed by atoms with Crippen molar-refractivity contribution in [2.75, 3.05) is 33.7 Å². The zero-order chi connectivity index (χ0) is 10.6. The zero-order valence-corrected chi connectivity index (χ0v) is 9.87. The molecule has 0 amide bonds. The molecule has 0 bridgehead atoms. The zero-order valence-electron chi connectivity index (χ0n) is 9.87. The average molecular weight is 199 g/mol. The summed E-state index contributed by atoms with van der Waals surface area (Å²) in [6.45, 7) is 5.57. The summed E-state index contributed by atoms with van der Waals surface area (Å²) >= 11 is 0. The van der Waals surface area contributed by atoms with E-state index in [0.29, 0.717) is 6.04 Å². The Hall–Kier alpha value is -0.120. The third-order valence-electron chi connectivity index (χ3n) is 3.41. The quantitative estimate of drug-likeness (QED) is 0.709. The first kappa shape index (κ1) is 12.0. The minimum Gasteiger partial charge on any atom is -0.330 e. The Kier molecular flexibility index (Phi) is 4.85. The van der Waals surface area contributed by atoms with Crippen LogP contribution in [0, 0.1) is 0 Å². The second kappa shape index (κ2) is 5.69. The van der Waals surface area contributed by atoms with Crippen LogP contribution in [0.3, 0.4) is 0 Å². The monoisotopic (exact) mass is 199 g/mol. The fourth-order valence-electron chi connectivity index (χ4n) is 2.36. The maximum Gasteiger partial charge on any atom is 0.0229 e. The Balaban J connectivity index is 2.39. The molecule has 2 N–H and O–H groups in total. The molecular weight excluding hydrogens is 174 g/mol. The first-order chi connectivity index (χ1) is 6.69. The third kappa shape index (κ3) is 2.94. The number of rotatable bonds is 5. The molecule has 84 valence electrons. The van der Waals surface area contributed by atoms with Gasteiger partial charge >= 0.3 is 0 Å². The topological polar surface area (TPSA) is 32.5 Å². The van der Waals surface area contributed by atoms with Crippen LogP contribution in [0.1, 0.15) is 26.2 Å². The van der Waals surface area contributed by atoms with Gasteiger partial charge in [0, 0.05) is 25.2 Å². The first-order valence-corrected chi connectivity index (χ1v) is 5.79. The number of likely N-dealkylation sites (tertiary alicyclic amines) is 1. The van der Waals surface area contributed by atoms with Gasteiger partial charge in [0.15, 0.2) is 0 Å². The summed E-state index contributed by atoms with van der Waals surface area (Å²) in [5, 5.41) is 0. The predicted molar refractivity (Wildman–Crippen MR) is 61.4 cm³/mol. The number of nitrogens with zero attached hydrogens (tertiary/aromatic N) is 2. The molecule has 0 saturated carbocycles. The molecule has 3 heteroatoms. The van der Waals surface area contributed by atoms with E-state index >= 15 is 0 Å². The molecule has 0 aliphatic carbocycles. The third-order valence-corrected chi connectivity index (χ3v) is 3.41. The van der Waals surface area contributed by atoms with Crippen molar-refractivity contribution in [1.29, 1.82) is 0 Å². The van der Waals surface area contributed by atoms with E-state index < -0.39 is 0 Å². The molecule has 1 rings (SSSR count). The van der Waals surface area contributed by atoms with Crippen molar-refractivity contribution in [2.45, 2.75) is 38.3 Å². The maximum atomic E-state index is 5.63. The lowest BCUT2D eigenvalue weighted by Crippen LogP contribution is -2.37. The molecule has 1 saturated heterocycles. The molecule has 2 atom stereocenters. The van der Waals surface area contributed by atoms with Crippen LogP contribution >= 0.6 is 0 Å². The lowest BCUT2D eigenvalue weighted by Gasteiger charge is -2.27. The van der Waals surface area contributed by atoms with Crippen LogP contribution < -0.4 is 5.73 Å². The summed E-state index contributed by atoms with van der Waals surface area (Å²) in [7, 11) is 4.36. The summed E-state index contributed by atoms with van der Waals surface area (Å²) in [5.41, 5.74) is 5.63. The highest BCUT2D eigenvalue weighted by atomic mass is 15.2. The second-order valence-electron chi connectivity index (χ2n) is 4.54. The first-order valence-electron chi connectivity index (χ1n) is 5.79. The summed E-state index contributed by atoms with van der Waals surface area (Å²) in [6.07, 6.45) is 3.70. The van der Waals surface area contributed by atoms with Crippen LogP contribution in [-0.2, 0) is 0 Å². The van der Waals surface area contributed by atoms with Crippen LogP contribution in [0.5, 0.6) is 0 Å². The minimum absolute atomic E-state index is 0.713. The smallest absolute Gasteiger partial charge is 0.0229 e. The molecule has 0 aromatic heterocycles. The number of likely N-dealkylation sites (N-methyl/N-ethyl adjacent to an activating group) is 1. The molecular formula is C11H25N3. The van der Waals surface area contributed by atoms with Gasteiger partial charge in [-0.05, 0) is 39.9 Å². The van der Waals surface area contributed by atoms with Crippen LogP contribution in [0.2, 0.25) is 0 Å². The van der Waals surface area contributed by atoms with Crippen molar-refractivity contribution in [3.8, 4) is 0 Å². The van der Waals surface area contributed by atoms with E-state index in [1.165, 1.54) is 25.9 Å². The molecule has 2 unspecified atom stereocenters. The van der Waals surface area contributed by atoms with E-state index in [9.17, 15) is 0 Å². The molecule has 1 fully saturated rings. The maximum absolute atomic E-state index is 5.63. The number of nitrogens with two attached hydrogens (primary N) is 1. The Morgan fingerprint density at radius 3 is 2.64 bits per heavy atom. The van der Waals surface area contributed by atoms with Crippen LogP contribution in [0.25, 0.3) is 0 Å². The summed E-state index contributed by atoms with van der Waals surface area (Å²) < 4.78 is 0. The van der Waals surface area contributed by atoms with Gasteiger partial charge in [-0.1, -0.05) is 6.92 Å². The van der Waals surface area contributed by atoms with E-state index in [-0.39, 0.29) is 0 Å². The molecule has 1 aliphatic rings. The van der Waals surface area contributed by atoms with Crippen molar-refractivity contribution in [3.63, 3.8) is 0 Å². The number of hydrogen-bond donors (Lipinski definition) is 1. The van der Waals surface area contributed by atoms with Gasteiger partial charge in [-0.25, -0.2) is 0 Å². The predicted octanol–water partition coefficient (Wildman–Crippen LogP) is 0.750. The van der Waals surface area contributed by atoms with Gasteiger partial charge in [-0.3, -0.25) is 4.90 Å². The molecule has 1 aliphatic heterocycles. The highest BCUT2D eigenvalue weighted by Gasteiger charge is 2.27. The van der Waals surface area contributed by atoms with Crippen molar-refractivity contribution < 1.29 is 0 Å². The molecule has 14 heavy (non-hydrogen) atoms. The van der Waals surface area contributed by atoms with Gasteiger partial charge in [0.25, 0.3) is 0 Å². The minimum atomic E-state index is 0.713. The van der Waals surface area contributed by atoms with Crippen LogP contribution in [-0.4, -0.2) is 55.6 Å². The number of hydrogen-bond acceptors (Lipinski definition) is 3. The van der Waals surface area contributed by atoms with Crippen molar-refractivity contribution in [3.05, 3.63) is 0 Å². The highest BCUT2D eigenvalue weighted by molar-refractivity contribution is 4.84. The lowest BCUT2D eigenvalue weighted by molar-refractivity contribution is 0.203. The Morgan fingerprint density at radius 1 is 1.50 bits per heavy atom. The van der Waals surface area contributed by atoms with Crippen molar-refractivity contribution >= 4 is 0 Å². The van der Waals surface area contributed by atoms with Gasteiger partial charge in [-0.15, -0.1) is 0 Å². The Morgan fingerprint density at radius 2 is 2.21 bits per heavy atom. The van der Waals surface area contributed by atoms with Gasteiger partial charge < -0.3 is 10.6 Å². The molecule has 0 spiro atoms. The molecule has 1 heterocycles. The van der Waals surface area contributed by atoms with Crippen LogP contribution in [0.4, 0.5) is 0 Å². The average Bonchev–Trinajstić information content (AvgIpc) is 2.63. The van der Waals surface area contributed by atoms with Gasteiger partial charge in [0.05, 0.1) is 0 Å². The normalized spacial score (nSPS) is 25.9. The lowest BCUT2D eigenvalue weighted by atomic mass is 10.1.